The van der Waals surface area contributed by atoms with Gasteiger partial charge in [-0.3, -0.25) is 4.79 Å². The lowest BCUT2D eigenvalue weighted by atomic mass is 10.0. The predicted molar refractivity (Wildman–Crippen MR) is 123 cm³/mol. The van der Waals surface area contributed by atoms with E-state index in [0.717, 1.165) is 12.1 Å². The van der Waals surface area contributed by atoms with Gasteiger partial charge in [-0.1, -0.05) is 12.1 Å². The van der Waals surface area contributed by atoms with E-state index >= 15 is 0 Å². The van der Waals surface area contributed by atoms with Gasteiger partial charge in [0.05, 0.1) is 11.1 Å². The first-order valence-electron chi connectivity index (χ1n) is 10.7. The van der Waals surface area contributed by atoms with Crippen LogP contribution in [0.3, 0.4) is 0 Å². The molecule has 4 rings (SSSR count). The summed E-state index contributed by atoms with van der Waals surface area (Å²) in [5.41, 5.74) is 7.99. The number of benzene rings is 2. The van der Waals surface area contributed by atoms with Crippen LogP contribution in [-0.2, 0) is 6.54 Å². The van der Waals surface area contributed by atoms with E-state index in [1.165, 1.54) is 0 Å². The number of H-pyrrole nitrogens is 1. The van der Waals surface area contributed by atoms with Gasteiger partial charge in [0, 0.05) is 29.7 Å². The second-order valence-corrected chi connectivity index (χ2v) is 8.17. The summed E-state index contributed by atoms with van der Waals surface area (Å²) in [4.78, 5) is 15.7. The molecule has 8 nitrogen and oxygen atoms in total. The number of aromatic amines is 1. The normalized spacial score (nSPS) is 11.6. The van der Waals surface area contributed by atoms with Crippen LogP contribution in [0.2, 0.25) is 0 Å². The summed E-state index contributed by atoms with van der Waals surface area (Å²) in [5, 5.41) is 17.4. The summed E-state index contributed by atoms with van der Waals surface area (Å²) in [7, 11) is 0. The van der Waals surface area contributed by atoms with Gasteiger partial charge in [0.15, 0.2) is 0 Å². The fourth-order valence-electron chi connectivity index (χ4n) is 3.87. The molecule has 4 aromatic rings. The van der Waals surface area contributed by atoms with Crippen LogP contribution >= 0.6 is 0 Å². The van der Waals surface area contributed by atoms with Gasteiger partial charge in [0.2, 0.25) is 0 Å². The van der Waals surface area contributed by atoms with Crippen LogP contribution in [0.15, 0.2) is 42.6 Å². The number of fused-ring (bicyclic) bond motifs is 1. The maximum atomic E-state index is 13.7. The van der Waals surface area contributed by atoms with E-state index in [4.69, 9.17) is 5.73 Å². The second kappa shape index (κ2) is 9.26. The Labute approximate surface area is 202 Å². The molecule has 0 unspecified atom stereocenters. The van der Waals surface area contributed by atoms with Crippen molar-refractivity contribution >= 4 is 22.6 Å². The SMILES string of the molecule is CC(C)n1nc(-c2ccc(CNC(=O)c3cc(F)ccc3OC(F)(F)F)c3[nH]ccc23)c(C#N)c1N. The first-order valence-corrected chi connectivity index (χ1v) is 10.7. The highest BCUT2D eigenvalue weighted by atomic mass is 19.4. The number of nitrogens with two attached hydrogens (primary N) is 1. The van der Waals surface area contributed by atoms with Crippen LogP contribution in [-0.4, -0.2) is 27.0 Å². The number of nitrogen functional groups attached to an aromatic ring is 1. The number of hydrogen-bond acceptors (Lipinski definition) is 5. The van der Waals surface area contributed by atoms with Crippen molar-refractivity contribution in [1.29, 1.82) is 5.26 Å². The number of nitrogens with one attached hydrogen (secondary N) is 2. The standard InChI is InChI=1S/C24H20F4N6O2/c1-12(2)34-22(30)18(10-29)21(33-34)15-5-3-13(20-16(15)7-8-31-20)11-32-23(35)17-9-14(25)4-6-19(17)36-24(26,27)28/h3-9,12,31H,11,30H2,1-2H3,(H,32,35). The first kappa shape index (κ1) is 24.6. The molecule has 0 aliphatic carbocycles. The van der Waals surface area contributed by atoms with Gasteiger partial charge in [-0.2, -0.15) is 10.4 Å². The van der Waals surface area contributed by atoms with Gasteiger partial charge >= 0.3 is 6.36 Å². The lowest BCUT2D eigenvalue weighted by molar-refractivity contribution is -0.274. The van der Waals surface area contributed by atoms with Gasteiger partial charge in [-0.05, 0) is 43.7 Å². The van der Waals surface area contributed by atoms with Gasteiger partial charge < -0.3 is 20.8 Å². The van der Waals surface area contributed by atoms with Crippen LogP contribution in [0.1, 0.15) is 41.4 Å². The number of alkyl halides is 3. The third kappa shape index (κ3) is 4.68. The molecule has 186 valence electrons. The maximum absolute atomic E-state index is 13.7. The van der Waals surface area contributed by atoms with Crippen molar-refractivity contribution in [2.24, 2.45) is 0 Å². The molecule has 0 atom stereocenters. The number of carbonyl (C=O) groups excluding carboxylic acids is 1. The summed E-state index contributed by atoms with van der Waals surface area (Å²) in [6.07, 6.45) is -3.39. The zero-order valence-electron chi connectivity index (χ0n) is 19.1. The van der Waals surface area contributed by atoms with Crippen molar-refractivity contribution in [3.8, 4) is 23.1 Å². The van der Waals surface area contributed by atoms with Crippen molar-refractivity contribution in [3.05, 3.63) is 65.1 Å². The number of rotatable bonds is 6. The van der Waals surface area contributed by atoms with E-state index in [9.17, 15) is 27.6 Å². The molecule has 0 fully saturated rings. The Morgan fingerprint density at radius 2 is 2.03 bits per heavy atom. The second-order valence-electron chi connectivity index (χ2n) is 8.17. The molecule has 0 aliphatic rings. The van der Waals surface area contributed by atoms with E-state index in [1.807, 2.05) is 13.8 Å². The number of carbonyl (C=O) groups is 1. The van der Waals surface area contributed by atoms with Crippen molar-refractivity contribution in [2.45, 2.75) is 32.8 Å². The number of hydrogen-bond donors (Lipinski definition) is 3. The molecular weight excluding hydrogens is 480 g/mol. The molecule has 0 saturated heterocycles. The Hall–Kier alpha value is -4.53. The Bertz CT molecular complexity index is 1500. The lowest BCUT2D eigenvalue weighted by Gasteiger charge is -2.14. The Morgan fingerprint density at radius 3 is 2.69 bits per heavy atom. The smallest absolute Gasteiger partial charge is 0.405 e. The zero-order valence-corrected chi connectivity index (χ0v) is 19.1. The molecule has 36 heavy (non-hydrogen) atoms. The molecule has 12 heteroatoms. The summed E-state index contributed by atoms with van der Waals surface area (Å²) < 4.78 is 57.1. The Morgan fingerprint density at radius 1 is 1.28 bits per heavy atom. The molecule has 0 bridgehead atoms. The average Bonchev–Trinajstić information content (AvgIpc) is 3.42. The number of aromatic nitrogens is 3. The van der Waals surface area contributed by atoms with Crippen molar-refractivity contribution in [1.82, 2.24) is 20.1 Å². The number of nitrogens with zero attached hydrogens (tertiary/aromatic N) is 3. The minimum Gasteiger partial charge on any atom is -0.405 e. The van der Waals surface area contributed by atoms with Gasteiger partial charge in [0.1, 0.15) is 34.7 Å². The average molecular weight is 500 g/mol. The molecule has 0 saturated carbocycles. The van der Waals surface area contributed by atoms with E-state index in [0.29, 0.717) is 33.8 Å². The van der Waals surface area contributed by atoms with Crippen LogP contribution in [0, 0.1) is 17.1 Å². The lowest BCUT2D eigenvalue weighted by Crippen LogP contribution is -2.26. The van der Waals surface area contributed by atoms with E-state index in [-0.39, 0.29) is 24.0 Å². The molecule has 2 aromatic carbocycles. The maximum Gasteiger partial charge on any atom is 0.573 e. The number of halogens is 4. The van der Waals surface area contributed by atoms with Gasteiger partial charge in [0.25, 0.3) is 5.91 Å². The third-order valence-corrected chi connectivity index (χ3v) is 5.46. The summed E-state index contributed by atoms with van der Waals surface area (Å²) in [5.74, 6) is -2.41. The molecule has 0 aliphatic heterocycles. The Balaban J connectivity index is 1.65. The van der Waals surface area contributed by atoms with Crippen LogP contribution in [0.25, 0.3) is 22.2 Å². The monoisotopic (exact) mass is 500 g/mol. The quantitative estimate of drug-likeness (QED) is 0.321. The molecule has 4 N–H and O–H groups in total. The highest BCUT2D eigenvalue weighted by molar-refractivity contribution is 5.99. The molecular formula is C24H20F4N6O2. The van der Waals surface area contributed by atoms with Crippen LogP contribution in [0.5, 0.6) is 5.75 Å². The van der Waals surface area contributed by atoms with Crippen LogP contribution < -0.4 is 15.8 Å². The topological polar surface area (TPSA) is 122 Å². The highest BCUT2D eigenvalue weighted by Gasteiger charge is 2.33. The summed E-state index contributed by atoms with van der Waals surface area (Å²) in [6.45, 7) is 3.68. The first-order chi connectivity index (χ1) is 17.0. The number of ether oxygens (including phenoxy) is 1. The van der Waals surface area contributed by atoms with E-state index in [1.54, 1.807) is 29.1 Å². The molecule has 0 radical (unpaired) electrons. The van der Waals surface area contributed by atoms with Crippen molar-refractivity contribution in [3.63, 3.8) is 0 Å². The van der Waals surface area contributed by atoms with Crippen molar-refractivity contribution < 1.29 is 27.1 Å². The van der Waals surface area contributed by atoms with Gasteiger partial charge in [-0.15, -0.1) is 13.2 Å². The van der Waals surface area contributed by atoms with Crippen molar-refractivity contribution in [2.75, 3.05) is 5.73 Å². The Kier molecular flexibility index (Phi) is 6.32. The zero-order chi connectivity index (χ0) is 26.2. The molecule has 2 aromatic heterocycles. The molecule has 1 amide bonds. The van der Waals surface area contributed by atoms with Gasteiger partial charge in [-0.25, -0.2) is 9.07 Å². The fourth-order valence-corrected chi connectivity index (χ4v) is 3.87. The molecule has 0 spiro atoms. The third-order valence-electron chi connectivity index (χ3n) is 5.46. The number of anilines is 1. The van der Waals surface area contributed by atoms with E-state index < -0.39 is 29.4 Å². The fraction of sp³-hybridized carbons (Fsp3) is 0.208. The summed E-state index contributed by atoms with van der Waals surface area (Å²) >= 11 is 0. The summed E-state index contributed by atoms with van der Waals surface area (Å²) in [6, 6.07) is 9.36. The minimum absolute atomic E-state index is 0.0731. The highest BCUT2D eigenvalue weighted by Crippen LogP contribution is 2.35. The largest absolute Gasteiger partial charge is 0.573 e. The van der Waals surface area contributed by atoms with E-state index in [2.05, 4.69) is 26.2 Å². The number of amides is 1. The molecule has 2 heterocycles. The predicted octanol–water partition coefficient (Wildman–Crippen LogP) is 5.03. The minimum atomic E-state index is -5.05. The number of nitriles is 1. The van der Waals surface area contributed by atoms with Crippen LogP contribution in [0.4, 0.5) is 23.4 Å².